The van der Waals surface area contributed by atoms with Gasteiger partial charge < -0.3 is 0 Å². The largest absolute Gasteiger partial charge is 0.277 e. The van der Waals surface area contributed by atoms with Crippen molar-refractivity contribution in [2.24, 2.45) is 0 Å². The molecule has 1 aliphatic carbocycles. The van der Waals surface area contributed by atoms with Crippen molar-refractivity contribution in [3.05, 3.63) is 58.8 Å². The van der Waals surface area contributed by atoms with Gasteiger partial charge in [-0.3, -0.25) is 9.69 Å². The Labute approximate surface area is 146 Å². The first kappa shape index (κ1) is 16.4. The number of allylic oxidation sites excluding steroid dienone is 2. The Morgan fingerprint density at radius 2 is 2.04 bits per heavy atom. The van der Waals surface area contributed by atoms with Crippen molar-refractivity contribution < 1.29 is 4.79 Å². The topological polar surface area (TPSA) is 20.3 Å². The molecule has 1 aromatic rings. The van der Waals surface area contributed by atoms with Gasteiger partial charge in [-0.2, -0.15) is 0 Å². The highest BCUT2D eigenvalue weighted by molar-refractivity contribution is 7.99. The highest BCUT2D eigenvalue weighted by Gasteiger charge is 2.36. The summed E-state index contributed by atoms with van der Waals surface area (Å²) < 4.78 is 0. The Morgan fingerprint density at radius 3 is 2.74 bits per heavy atom. The maximum absolute atomic E-state index is 12.9. The van der Waals surface area contributed by atoms with Crippen LogP contribution in [0.3, 0.4) is 0 Å². The van der Waals surface area contributed by atoms with E-state index >= 15 is 0 Å². The molecule has 0 fully saturated rings. The van der Waals surface area contributed by atoms with Gasteiger partial charge in [0.1, 0.15) is 0 Å². The summed E-state index contributed by atoms with van der Waals surface area (Å²) in [7, 11) is 0. The zero-order chi connectivity index (χ0) is 16.4. The molecular formula is C19H20ClNOS. The van der Waals surface area contributed by atoms with Gasteiger partial charge in [-0.05, 0) is 56.4 Å². The van der Waals surface area contributed by atoms with E-state index < -0.39 is 0 Å². The van der Waals surface area contributed by atoms with Gasteiger partial charge >= 0.3 is 0 Å². The summed E-state index contributed by atoms with van der Waals surface area (Å²) >= 11 is 7.92. The maximum Gasteiger partial charge on any atom is 0.259 e. The van der Waals surface area contributed by atoms with Crippen LogP contribution in [0.2, 0.25) is 5.02 Å². The third kappa shape index (κ3) is 3.00. The van der Waals surface area contributed by atoms with E-state index in [0.717, 1.165) is 46.9 Å². The Morgan fingerprint density at radius 1 is 1.30 bits per heavy atom. The van der Waals surface area contributed by atoms with E-state index in [-0.39, 0.29) is 5.91 Å². The van der Waals surface area contributed by atoms with Crippen LogP contribution in [-0.4, -0.2) is 11.7 Å². The van der Waals surface area contributed by atoms with Crippen molar-refractivity contribution in [3.8, 4) is 0 Å². The first-order chi connectivity index (χ1) is 11.2. The van der Waals surface area contributed by atoms with Crippen molar-refractivity contribution >= 4 is 35.0 Å². The van der Waals surface area contributed by atoms with Crippen LogP contribution in [0.25, 0.3) is 0 Å². The van der Waals surface area contributed by atoms with Gasteiger partial charge in [-0.15, -0.1) is 18.3 Å². The number of anilines is 1. The zero-order valence-corrected chi connectivity index (χ0v) is 14.8. The van der Waals surface area contributed by atoms with Crippen molar-refractivity contribution in [3.63, 3.8) is 0 Å². The molecule has 0 radical (unpaired) electrons. The SMILES string of the molecule is C=CCSc1cc(N2C(=O)C3=C(CCCC3)/C2=C\C)ccc1Cl. The van der Waals surface area contributed by atoms with Gasteiger partial charge in [0, 0.05) is 21.9 Å². The van der Waals surface area contributed by atoms with Gasteiger partial charge in [-0.1, -0.05) is 23.8 Å². The number of hydrogen-bond acceptors (Lipinski definition) is 2. The highest BCUT2D eigenvalue weighted by Crippen LogP contribution is 2.42. The Balaban J connectivity index is 1.98. The fourth-order valence-corrected chi connectivity index (χ4v) is 4.24. The summed E-state index contributed by atoms with van der Waals surface area (Å²) in [6.07, 6.45) is 8.08. The molecule has 3 rings (SSSR count). The Bertz CT molecular complexity index is 720. The number of hydrogen-bond donors (Lipinski definition) is 0. The Kier molecular flexibility index (Phi) is 4.98. The molecule has 1 aromatic carbocycles. The van der Waals surface area contributed by atoms with Gasteiger partial charge in [-0.25, -0.2) is 0 Å². The molecular weight excluding hydrogens is 326 g/mol. The fraction of sp³-hybridized carbons (Fsp3) is 0.316. The second-order valence-electron chi connectivity index (χ2n) is 5.69. The van der Waals surface area contributed by atoms with E-state index in [1.807, 2.05) is 36.1 Å². The van der Waals surface area contributed by atoms with Crippen molar-refractivity contribution in [1.82, 2.24) is 0 Å². The summed E-state index contributed by atoms with van der Waals surface area (Å²) in [6.45, 7) is 5.75. The molecule has 0 aromatic heterocycles. The fourth-order valence-electron chi connectivity index (χ4n) is 3.25. The first-order valence-corrected chi connectivity index (χ1v) is 9.30. The molecule has 2 nitrogen and oxygen atoms in total. The smallest absolute Gasteiger partial charge is 0.259 e. The predicted octanol–water partition coefficient (Wildman–Crippen LogP) is 5.74. The van der Waals surface area contributed by atoms with Crippen LogP contribution in [0.1, 0.15) is 32.6 Å². The predicted molar refractivity (Wildman–Crippen MR) is 99.1 cm³/mol. The van der Waals surface area contributed by atoms with Crippen molar-refractivity contribution in [2.45, 2.75) is 37.5 Å². The number of benzene rings is 1. The number of carbonyl (C=O) groups is 1. The van der Waals surface area contributed by atoms with Gasteiger partial charge in [0.2, 0.25) is 0 Å². The maximum atomic E-state index is 12.9. The monoisotopic (exact) mass is 345 g/mol. The summed E-state index contributed by atoms with van der Waals surface area (Å²) in [4.78, 5) is 15.7. The third-order valence-electron chi connectivity index (χ3n) is 4.28. The lowest BCUT2D eigenvalue weighted by molar-refractivity contribution is -0.114. The molecule has 2 aliphatic rings. The average Bonchev–Trinajstić information content (AvgIpc) is 2.87. The zero-order valence-electron chi connectivity index (χ0n) is 13.3. The molecule has 120 valence electrons. The van der Waals surface area contributed by atoms with Gasteiger partial charge in [0.15, 0.2) is 0 Å². The van der Waals surface area contributed by atoms with Gasteiger partial charge in [0.25, 0.3) is 5.91 Å². The van der Waals surface area contributed by atoms with Crippen LogP contribution in [0, 0.1) is 0 Å². The molecule has 0 N–H and O–H groups in total. The normalized spacial score (nSPS) is 19.5. The minimum absolute atomic E-state index is 0.134. The van der Waals surface area contributed by atoms with Crippen LogP contribution in [0.5, 0.6) is 0 Å². The molecule has 23 heavy (non-hydrogen) atoms. The molecule has 0 atom stereocenters. The second-order valence-corrected chi connectivity index (χ2v) is 7.16. The van der Waals surface area contributed by atoms with E-state index in [9.17, 15) is 4.79 Å². The molecule has 1 aliphatic heterocycles. The molecule has 1 heterocycles. The second kappa shape index (κ2) is 6.98. The van der Waals surface area contributed by atoms with E-state index in [0.29, 0.717) is 5.02 Å². The average molecular weight is 346 g/mol. The molecule has 4 heteroatoms. The lowest BCUT2D eigenvalue weighted by Crippen LogP contribution is -2.25. The van der Waals surface area contributed by atoms with E-state index in [1.54, 1.807) is 11.8 Å². The number of amides is 1. The lowest BCUT2D eigenvalue weighted by atomic mass is 9.92. The van der Waals surface area contributed by atoms with E-state index in [2.05, 4.69) is 12.7 Å². The van der Waals surface area contributed by atoms with E-state index in [4.69, 9.17) is 11.6 Å². The number of nitrogens with zero attached hydrogens (tertiary/aromatic N) is 1. The lowest BCUT2D eigenvalue weighted by Gasteiger charge is -2.21. The number of rotatable bonds is 4. The molecule has 0 spiro atoms. The van der Waals surface area contributed by atoms with Crippen LogP contribution in [0.15, 0.2) is 58.7 Å². The minimum atomic E-state index is 0.134. The molecule has 0 bridgehead atoms. The number of carbonyl (C=O) groups excluding carboxylic acids is 1. The minimum Gasteiger partial charge on any atom is -0.277 e. The van der Waals surface area contributed by atoms with Crippen LogP contribution >= 0.6 is 23.4 Å². The Hall–Kier alpha value is -1.45. The standard InChI is InChI=1S/C19H20ClNOS/c1-3-11-23-18-12-13(9-10-16(18)20)21-17(4-2)14-7-5-6-8-15(14)19(21)22/h3-4,9-10,12H,1,5-8,11H2,2H3/b17-4+. The van der Waals surface area contributed by atoms with E-state index in [1.165, 1.54) is 12.0 Å². The first-order valence-electron chi connectivity index (χ1n) is 7.93. The summed E-state index contributed by atoms with van der Waals surface area (Å²) in [5.74, 6) is 0.928. The quantitative estimate of drug-likeness (QED) is 0.512. The molecule has 0 unspecified atom stereocenters. The van der Waals surface area contributed by atoms with Crippen molar-refractivity contribution in [2.75, 3.05) is 10.7 Å². The van der Waals surface area contributed by atoms with Gasteiger partial charge in [0.05, 0.1) is 10.7 Å². The summed E-state index contributed by atoms with van der Waals surface area (Å²) in [5.41, 5.74) is 4.18. The molecule has 1 amide bonds. The summed E-state index contributed by atoms with van der Waals surface area (Å²) in [6, 6.07) is 5.82. The van der Waals surface area contributed by atoms with Crippen LogP contribution < -0.4 is 4.90 Å². The van der Waals surface area contributed by atoms with Crippen LogP contribution in [-0.2, 0) is 4.79 Å². The highest BCUT2D eigenvalue weighted by atomic mass is 35.5. The number of thioether (sulfide) groups is 1. The number of halogens is 1. The molecule has 0 saturated carbocycles. The summed E-state index contributed by atoms with van der Waals surface area (Å²) in [5, 5.41) is 0.715. The van der Waals surface area contributed by atoms with Crippen molar-refractivity contribution in [1.29, 1.82) is 0 Å². The van der Waals surface area contributed by atoms with Crippen LogP contribution in [0.4, 0.5) is 5.69 Å². The molecule has 0 saturated heterocycles. The third-order valence-corrected chi connectivity index (χ3v) is 5.78.